The van der Waals surface area contributed by atoms with E-state index >= 15 is 0 Å². The highest BCUT2D eigenvalue weighted by Crippen LogP contribution is 2.33. The maximum absolute atomic E-state index is 13.6. The number of Topliss-reactive ketones (excluding diaryl/α,β-unsaturated/α-hetero) is 4. The van der Waals surface area contributed by atoms with Crippen LogP contribution in [0.2, 0.25) is 0 Å². The van der Waals surface area contributed by atoms with Crippen LogP contribution in [0.4, 0.5) is 0 Å². The van der Waals surface area contributed by atoms with Gasteiger partial charge in [0.05, 0.1) is 35.6 Å². The summed E-state index contributed by atoms with van der Waals surface area (Å²) in [6.45, 7) is 16.4. The van der Waals surface area contributed by atoms with Crippen LogP contribution < -0.4 is 0 Å². The van der Waals surface area contributed by atoms with E-state index in [2.05, 4.69) is 71.3 Å². The van der Waals surface area contributed by atoms with Crippen molar-refractivity contribution in [3.05, 3.63) is 139 Å². The summed E-state index contributed by atoms with van der Waals surface area (Å²) in [6.07, 6.45) is 9.35. The van der Waals surface area contributed by atoms with Gasteiger partial charge in [-0.15, -0.1) is 0 Å². The van der Waals surface area contributed by atoms with Gasteiger partial charge in [0.2, 0.25) is 0 Å². The Balaban J connectivity index is 1.14. The predicted molar refractivity (Wildman–Crippen MR) is 249 cm³/mol. The molecule has 0 spiro atoms. The Labute approximate surface area is 366 Å². The topological polar surface area (TPSA) is 131 Å². The third kappa shape index (κ3) is 9.16. The standard InChI is InChI=1S/C54H58N4O4/c1-9-35-31-55-51(39(35)11-3)45(59)29-47(61)53-43(15-7)41(13-5)49(57-53)37-25-21-33(22-26-37)19-17-18-20-34-23-27-38(28-24-34)50-42(14-6)44(16-8)54(58-50)48(62)30-46(60)52-40(12-4)36(10-2)32-56-52/h21-28,31-32,55-58H,9-16,29-30H2,1-8H3. The quantitative estimate of drug-likeness (QED) is 0.0390. The Morgan fingerprint density at radius 1 is 0.403 bits per heavy atom. The average molecular weight is 827 g/mol. The number of carbonyl (C=O) groups excluding carboxylic acids is 4. The van der Waals surface area contributed by atoms with Crippen molar-refractivity contribution >= 4 is 23.1 Å². The number of hydrogen-bond donors (Lipinski definition) is 4. The molecule has 0 saturated heterocycles. The molecule has 2 aromatic carbocycles. The first kappa shape index (κ1) is 44.9. The maximum atomic E-state index is 13.6. The summed E-state index contributed by atoms with van der Waals surface area (Å²) >= 11 is 0. The Bertz CT molecular complexity index is 2550. The van der Waals surface area contributed by atoms with Crippen LogP contribution in [-0.2, 0) is 51.4 Å². The van der Waals surface area contributed by atoms with E-state index in [1.165, 1.54) is 0 Å². The minimum Gasteiger partial charge on any atom is -0.358 e. The van der Waals surface area contributed by atoms with Crippen LogP contribution in [0, 0.1) is 23.7 Å². The first-order chi connectivity index (χ1) is 30.0. The van der Waals surface area contributed by atoms with Gasteiger partial charge in [0.25, 0.3) is 0 Å². The number of aromatic nitrogens is 4. The molecule has 0 unspecified atom stereocenters. The zero-order valence-corrected chi connectivity index (χ0v) is 37.5. The molecule has 0 fully saturated rings. The van der Waals surface area contributed by atoms with Gasteiger partial charge in [-0.1, -0.05) is 91.5 Å². The predicted octanol–water partition coefficient (Wildman–Crippen LogP) is 11.1. The molecule has 0 saturated carbocycles. The van der Waals surface area contributed by atoms with Gasteiger partial charge >= 0.3 is 0 Å². The minimum atomic E-state index is -0.200. The molecule has 8 nitrogen and oxygen atoms in total. The molecule has 318 valence electrons. The maximum Gasteiger partial charge on any atom is 0.187 e. The van der Waals surface area contributed by atoms with Crippen molar-refractivity contribution in [3.8, 4) is 46.2 Å². The smallest absolute Gasteiger partial charge is 0.187 e. The van der Waals surface area contributed by atoms with Gasteiger partial charge in [0, 0.05) is 34.9 Å². The van der Waals surface area contributed by atoms with Crippen molar-refractivity contribution in [1.82, 2.24) is 19.9 Å². The first-order valence-electron chi connectivity index (χ1n) is 22.3. The van der Waals surface area contributed by atoms with E-state index in [9.17, 15) is 19.2 Å². The van der Waals surface area contributed by atoms with Gasteiger partial charge in [-0.2, -0.15) is 0 Å². The molecule has 0 amide bonds. The third-order valence-electron chi connectivity index (χ3n) is 12.1. The molecule has 6 rings (SSSR count). The largest absolute Gasteiger partial charge is 0.358 e. The number of hydrogen-bond acceptors (Lipinski definition) is 4. The molecular weight excluding hydrogens is 769 g/mol. The third-order valence-corrected chi connectivity index (χ3v) is 12.1. The highest BCUT2D eigenvalue weighted by Gasteiger charge is 2.27. The van der Waals surface area contributed by atoms with Gasteiger partial charge in [-0.05, 0) is 143 Å². The van der Waals surface area contributed by atoms with Crippen molar-refractivity contribution in [2.24, 2.45) is 0 Å². The van der Waals surface area contributed by atoms with E-state index in [-0.39, 0.29) is 36.0 Å². The Kier molecular flexibility index (Phi) is 14.7. The van der Waals surface area contributed by atoms with Crippen LogP contribution in [0.1, 0.15) is 166 Å². The minimum absolute atomic E-state index is 0.183. The highest BCUT2D eigenvalue weighted by atomic mass is 16.2. The number of ketones is 4. The van der Waals surface area contributed by atoms with Crippen LogP contribution in [0.15, 0.2) is 60.9 Å². The van der Waals surface area contributed by atoms with Crippen molar-refractivity contribution in [3.63, 3.8) is 0 Å². The fraction of sp³-hybridized carbons (Fsp3) is 0.333. The summed E-state index contributed by atoms with van der Waals surface area (Å²) in [7, 11) is 0. The van der Waals surface area contributed by atoms with Gasteiger partial charge in [0.15, 0.2) is 23.1 Å². The van der Waals surface area contributed by atoms with E-state index in [1.54, 1.807) is 0 Å². The Morgan fingerprint density at radius 3 is 1.03 bits per heavy atom. The van der Waals surface area contributed by atoms with Crippen molar-refractivity contribution in [2.45, 2.75) is 120 Å². The summed E-state index contributed by atoms with van der Waals surface area (Å²) in [4.78, 5) is 66.9. The second kappa shape index (κ2) is 20.3. The highest BCUT2D eigenvalue weighted by molar-refractivity contribution is 6.14. The van der Waals surface area contributed by atoms with E-state index in [1.807, 2.05) is 88.6 Å². The lowest BCUT2D eigenvalue weighted by Crippen LogP contribution is -2.12. The monoisotopic (exact) mass is 826 g/mol. The molecule has 4 N–H and O–H groups in total. The number of carbonyl (C=O) groups is 4. The summed E-state index contributed by atoms with van der Waals surface area (Å²) in [6, 6.07) is 15.8. The molecule has 0 aliphatic carbocycles. The van der Waals surface area contributed by atoms with E-state index in [0.717, 1.165) is 117 Å². The van der Waals surface area contributed by atoms with E-state index < -0.39 is 0 Å². The van der Waals surface area contributed by atoms with Crippen LogP contribution >= 0.6 is 0 Å². The Morgan fingerprint density at radius 2 is 0.726 bits per heavy atom. The zero-order valence-electron chi connectivity index (χ0n) is 37.5. The first-order valence-corrected chi connectivity index (χ1v) is 22.3. The molecule has 0 aliphatic rings. The molecule has 4 heterocycles. The molecule has 0 atom stereocenters. The molecule has 0 aliphatic heterocycles. The van der Waals surface area contributed by atoms with Gasteiger partial charge < -0.3 is 19.9 Å². The summed E-state index contributed by atoms with van der Waals surface area (Å²) in [5, 5.41) is 0. The summed E-state index contributed by atoms with van der Waals surface area (Å²) in [5.74, 6) is 11.5. The molecule has 0 bridgehead atoms. The van der Waals surface area contributed by atoms with E-state index in [4.69, 9.17) is 0 Å². The van der Waals surface area contributed by atoms with Crippen LogP contribution in [0.25, 0.3) is 22.5 Å². The van der Waals surface area contributed by atoms with Crippen LogP contribution in [0.3, 0.4) is 0 Å². The lowest BCUT2D eigenvalue weighted by atomic mass is 9.97. The zero-order chi connectivity index (χ0) is 44.5. The lowest BCUT2D eigenvalue weighted by Gasteiger charge is -2.05. The average Bonchev–Trinajstić information content (AvgIpc) is 4.09. The number of benzene rings is 2. The summed E-state index contributed by atoms with van der Waals surface area (Å²) < 4.78 is 0. The molecule has 62 heavy (non-hydrogen) atoms. The van der Waals surface area contributed by atoms with Gasteiger partial charge in [-0.3, -0.25) is 19.2 Å². The number of H-pyrrole nitrogens is 4. The number of aryl methyl sites for hydroxylation is 2. The molecule has 8 heteroatoms. The molecule has 6 aromatic rings. The van der Waals surface area contributed by atoms with E-state index in [0.29, 0.717) is 35.6 Å². The fourth-order valence-electron chi connectivity index (χ4n) is 8.90. The Hall–Kier alpha value is -6.64. The van der Waals surface area contributed by atoms with Gasteiger partial charge in [0.1, 0.15) is 0 Å². The van der Waals surface area contributed by atoms with Crippen molar-refractivity contribution in [1.29, 1.82) is 0 Å². The van der Waals surface area contributed by atoms with Crippen LogP contribution in [0.5, 0.6) is 0 Å². The van der Waals surface area contributed by atoms with Crippen molar-refractivity contribution < 1.29 is 19.2 Å². The lowest BCUT2D eigenvalue weighted by molar-refractivity contribution is 0.0872. The molecular formula is C54H58N4O4. The molecule has 4 aromatic heterocycles. The summed E-state index contributed by atoms with van der Waals surface area (Å²) in [5.41, 5.74) is 15.7. The van der Waals surface area contributed by atoms with Crippen LogP contribution in [-0.4, -0.2) is 43.1 Å². The molecule has 0 radical (unpaired) electrons. The fourth-order valence-corrected chi connectivity index (χ4v) is 8.90. The SMILES string of the molecule is CCc1c[nH]c(C(=O)CC(=O)c2[nH]c(-c3ccc(C#CC#Cc4ccc(-c5[nH]c(C(=O)CC(=O)c6[nH]cc(CC)c6CC)c(CC)c5CC)cc4)cc3)c(CC)c2CC)c1CC. The normalized spacial score (nSPS) is 10.9. The number of aromatic amines is 4. The number of rotatable bonds is 18. The second-order valence-electron chi connectivity index (χ2n) is 15.5. The van der Waals surface area contributed by atoms with Crippen molar-refractivity contribution in [2.75, 3.05) is 0 Å². The van der Waals surface area contributed by atoms with Gasteiger partial charge in [-0.25, -0.2) is 0 Å². The second-order valence-corrected chi connectivity index (χ2v) is 15.5. The number of nitrogens with one attached hydrogen (secondary N) is 4.